The normalized spacial score (nSPS) is 26.7. The van der Waals surface area contributed by atoms with E-state index in [0.717, 1.165) is 56.9 Å². The number of likely N-dealkylation sites (tertiary alicyclic amines) is 2. The van der Waals surface area contributed by atoms with Crippen molar-refractivity contribution in [3.8, 4) is 0 Å². The zero-order valence-electron chi connectivity index (χ0n) is 17.0. The minimum Gasteiger partial charge on any atom is -0.348 e. The van der Waals surface area contributed by atoms with Gasteiger partial charge in [-0.05, 0) is 64.9 Å². The van der Waals surface area contributed by atoms with E-state index in [-0.39, 0.29) is 16.9 Å². The zero-order chi connectivity index (χ0) is 19.2. The van der Waals surface area contributed by atoms with Crippen molar-refractivity contribution in [2.75, 3.05) is 26.2 Å². The van der Waals surface area contributed by atoms with E-state index in [1.54, 1.807) is 0 Å². The Hall–Kier alpha value is -1.78. The first-order chi connectivity index (χ1) is 12.8. The Kier molecular flexibility index (Phi) is 4.59. The lowest BCUT2D eigenvalue weighted by Crippen LogP contribution is -2.55. The van der Waals surface area contributed by atoms with Crippen LogP contribution in [-0.2, 0) is 10.3 Å². The van der Waals surface area contributed by atoms with E-state index in [2.05, 4.69) is 30.2 Å². The number of amides is 2. The van der Waals surface area contributed by atoms with Crippen LogP contribution in [0.4, 0.5) is 0 Å². The van der Waals surface area contributed by atoms with Crippen molar-refractivity contribution in [1.82, 2.24) is 14.4 Å². The van der Waals surface area contributed by atoms with Gasteiger partial charge in [0.15, 0.2) is 0 Å². The number of piperidine rings is 2. The van der Waals surface area contributed by atoms with Gasteiger partial charge in [-0.3, -0.25) is 9.59 Å². The predicted octanol–water partition coefficient (Wildman–Crippen LogP) is 3.50. The molecule has 2 aliphatic heterocycles. The van der Waals surface area contributed by atoms with Gasteiger partial charge in [-0.25, -0.2) is 0 Å². The molecule has 27 heavy (non-hydrogen) atoms. The van der Waals surface area contributed by atoms with Crippen molar-refractivity contribution in [2.45, 2.75) is 64.8 Å². The number of rotatable bonds is 3. The highest BCUT2D eigenvalue weighted by Crippen LogP contribution is 2.41. The Morgan fingerprint density at radius 3 is 2.67 bits per heavy atom. The maximum absolute atomic E-state index is 13.1. The molecule has 3 heterocycles. The van der Waals surface area contributed by atoms with Crippen LogP contribution in [0.5, 0.6) is 0 Å². The lowest BCUT2D eigenvalue weighted by atomic mass is 9.73. The van der Waals surface area contributed by atoms with Crippen LogP contribution < -0.4 is 0 Å². The molecule has 2 saturated heterocycles. The molecule has 3 aliphatic rings. The number of carbonyl (C=O) groups excluding carboxylic acids is 2. The standard InChI is InChI=1S/C22H33N3O2/c1-21(2,3)25-12-8-18(14-25)20(27)23-11-4-9-22(15-23)10-7-19(26)24(16-22)13-17-5-6-17/h8,12,14,17H,4-7,9-11,13,15-16H2,1-3H3. The summed E-state index contributed by atoms with van der Waals surface area (Å²) in [7, 11) is 0. The molecule has 5 heteroatoms. The van der Waals surface area contributed by atoms with E-state index in [1.165, 1.54) is 12.8 Å². The van der Waals surface area contributed by atoms with Crippen LogP contribution in [0.25, 0.3) is 0 Å². The Balaban J connectivity index is 1.46. The fraction of sp³-hybridized carbons (Fsp3) is 0.727. The molecule has 0 radical (unpaired) electrons. The average Bonchev–Trinajstić information content (AvgIpc) is 3.28. The van der Waals surface area contributed by atoms with E-state index >= 15 is 0 Å². The second-order valence-corrected chi connectivity index (χ2v) is 10.0. The molecule has 1 spiro atoms. The van der Waals surface area contributed by atoms with Crippen LogP contribution in [0.1, 0.15) is 69.7 Å². The van der Waals surface area contributed by atoms with Crippen molar-refractivity contribution in [3.63, 3.8) is 0 Å². The Morgan fingerprint density at radius 1 is 1.22 bits per heavy atom. The summed E-state index contributed by atoms with van der Waals surface area (Å²) >= 11 is 0. The molecule has 1 aromatic rings. The van der Waals surface area contributed by atoms with Crippen LogP contribution in [0.2, 0.25) is 0 Å². The second kappa shape index (κ2) is 6.68. The van der Waals surface area contributed by atoms with Crippen molar-refractivity contribution < 1.29 is 9.59 Å². The fourth-order valence-electron chi connectivity index (χ4n) is 4.72. The number of carbonyl (C=O) groups is 2. The maximum Gasteiger partial charge on any atom is 0.255 e. The minimum atomic E-state index is -0.0192. The predicted molar refractivity (Wildman–Crippen MR) is 106 cm³/mol. The first-order valence-electron chi connectivity index (χ1n) is 10.5. The molecule has 0 aromatic carbocycles. The van der Waals surface area contributed by atoms with Crippen LogP contribution in [0.3, 0.4) is 0 Å². The molecular formula is C22H33N3O2. The van der Waals surface area contributed by atoms with Gasteiger partial charge >= 0.3 is 0 Å². The van der Waals surface area contributed by atoms with Crippen LogP contribution in [0.15, 0.2) is 18.5 Å². The molecule has 0 N–H and O–H groups in total. The van der Waals surface area contributed by atoms with Crippen molar-refractivity contribution in [3.05, 3.63) is 24.0 Å². The monoisotopic (exact) mass is 371 g/mol. The number of hydrogen-bond acceptors (Lipinski definition) is 2. The smallest absolute Gasteiger partial charge is 0.255 e. The third-order valence-corrected chi connectivity index (χ3v) is 6.59. The van der Waals surface area contributed by atoms with Gasteiger partial charge in [0.2, 0.25) is 5.91 Å². The van der Waals surface area contributed by atoms with Crippen molar-refractivity contribution in [2.24, 2.45) is 11.3 Å². The van der Waals surface area contributed by atoms with Gasteiger partial charge in [0, 0.05) is 55.9 Å². The van der Waals surface area contributed by atoms with Crippen LogP contribution in [-0.4, -0.2) is 52.4 Å². The van der Waals surface area contributed by atoms with E-state index in [0.29, 0.717) is 12.3 Å². The molecule has 2 amide bonds. The summed E-state index contributed by atoms with van der Waals surface area (Å²) in [5, 5.41) is 0. The van der Waals surface area contributed by atoms with E-state index in [4.69, 9.17) is 0 Å². The van der Waals surface area contributed by atoms with E-state index in [9.17, 15) is 9.59 Å². The molecule has 3 fully saturated rings. The van der Waals surface area contributed by atoms with Gasteiger partial charge < -0.3 is 14.4 Å². The second-order valence-electron chi connectivity index (χ2n) is 10.0. The summed E-state index contributed by atoms with van der Waals surface area (Å²) in [6, 6.07) is 1.94. The third kappa shape index (κ3) is 3.92. The first-order valence-corrected chi connectivity index (χ1v) is 10.5. The Morgan fingerprint density at radius 2 is 2.00 bits per heavy atom. The average molecular weight is 372 g/mol. The summed E-state index contributed by atoms with van der Waals surface area (Å²) in [6.45, 7) is 9.83. The van der Waals surface area contributed by atoms with Crippen molar-refractivity contribution in [1.29, 1.82) is 0 Å². The largest absolute Gasteiger partial charge is 0.348 e. The fourth-order valence-corrected chi connectivity index (χ4v) is 4.72. The van der Waals surface area contributed by atoms with Gasteiger partial charge in [-0.15, -0.1) is 0 Å². The van der Waals surface area contributed by atoms with E-state index in [1.807, 2.05) is 23.4 Å². The Labute approximate surface area is 162 Å². The topological polar surface area (TPSA) is 45.6 Å². The van der Waals surface area contributed by atoms with Gasteiger partial charge in [-0.2, -0.15) is 0 Å². The molecule has 1 aromatic heterocycles. The molecular weight excluding hydrogens is 338 g/mol. The Bertz CT molecular complexity index is 728. The number of hydrogen-bond donors (Lipinski definition) is 0. The first kappa shape index (κ1) is 18.6. The number of nitrogens with zero attached hydrogens (tertiary/aromatic N) is 3. The lowest BCUT2D eigenvalue weighted by molar-refractivity contribution is -0.139. The van der Waals surface area contributed by atoms with E-state index < -0.39 is 0 Å². The SMILES string of the molecule is CC(C)(C)n1ccc(C(=O)N2CCCC3(CCC(=O)N(CC4CC4)C3)C2)c1. The molecule has 0 bridgehead atoms. The summed E-state index contributed by atoms with van der Waals surface area (Å²) in [5.41, 5.74) is 0.863. The van der Waals surface area contributed by atoms with Crippen LogP contribution in [0, 0.1) is 11.3 Å². The summed E-state index contributed by atoms with van der Waals surface area (Å²) in [6.07, 6.45) is 10.3. The van der Waals surface area contributed by atoms with Gasteiger partial charge in [0.25, 0.3) is 5.91 Å². The highest BCUT2D eigenvalue weighted by molar-refractivity contribution is 5.94. The van der Waals surface area contributed by atoms with Gasteiger partial charge in [0.1, 0.15) is 0 Å². The molecule has 4 rings (SSSR count). The molecule has 1 unspecified atom stereocenters. The summed E-state index contributed by atoms with van der Waals surface area (Å²) in [5.74, 6) is 1.18. The zero-order valence-corrected chi connectivity index (χ0v) is 17.0. The summed E-state index contributed by atoms with van der Waals surface area (Å²) < 4.78 is 2.11. The van der Waals surface area contributed by atoms with Crippen molar-refractivity contribution >= 4 is 11.8 Å². The molecule has 1 saturated carbocycles. The quantitative estimate of drug-likeness (QED) is 0.816. The minimum absolute atomic E-state index is 0.0192. The summed E-state index contributed by atoms with van der Waals surface area (Å²) in [4.78, 5) is 29.6. The van der Waals surface area contributed by atoms with Gasteiger partial charge in [0.05, 0.1) is 5.56 Å². The third-order valence-electron chi connectivity index (χ3n) is 6.59. The highest BCUT2D eigenvalue weighted by Gasteiger charge is 2.43. The number of aromatic nitrogens is 1. The molecule has 1 atom stereocenters. The van der Waals surface area contributed by atoms with Gasteiger partial charge in [-0.1, -0.05) is 0 Å². The lowest BCUT2D eigenvalue weighted by Gasteiger charge is -2.48. The highest BCUT2D eigenvalue weighted by atomic mass is 16.2. The molecule has 1 aliphatic carbocycles. The molecule has 148 valence electrons. The maximum atomic E-state index is 13.1. The molecule has 5 nitrogen and oxygen atoms in total. The van der Waals surface area contributed by atoms with Crippen LogP contribution >= 0.6 is 0 Å².